The van der Waals surface area contributed by atoms with Crippen LogP contribution in [0.25, 0.3) is 0 Å². The second-order valence-electron chi connectivity index (χ2n) is 3.72. The van der Waals surface area contributed by atoms with Crippen molar-refractivity contribution >= 4 is 29.3 Å². The summed E-state index contributed by atoms with van der Waals surface area (Å²) in [6.07, 6.45) is 1.78. The summed E-state index contributed by atoms with van der Waals surface area (Å²) in [6, 6.07) is 0. The van der Waals surface area contributed by atoms with Crippen LogP contribution in [-0.4, -0.2) is 22.0 Å². The van der Waals surface area contributed by atoms with Gasteiger partial charge in [-0.05, 0) is 19.3 Å². The summed E-state index contributed by atoms with van der Waals surface area (Å²) < 4.78 is 34.5. The molecule has 0 saturated heterocycles. The van der Waals surface area contributed by atoms with Gasteiger partial charge in [-0.3, -0.25) is 4.79 Å². The molecule has 0 spiro atoms. The molecule has 0 bridgehead atoms. The predicted octanol–water partition coefficient (Wildman–Crippen LogP) is 3.29. The number of halogens is 4. The molecule has 2 nitrogen and oxygen atoms in total. The zero-order valence-corrected chi connectivity index (χ0v) is 11.3. The molecule has 1 amide bonds. The Labute approximate surface area is 114 Å². The lowest BCUT2D eigenvalue weighted by Crippen LogP contribution is -2.36. The first-order chi connectivity index (χ1) is 8.21. The number of terminal acetylenes is 1. The van der Waals surface area contributed by atoms with Gasteiger partial charge in [-0.2, -0.15) is 13.2 Å². The Morgan fingerprint density at radius 3 is 2.39 bits per heavy atom. The number of nitrogens with two attached hydrogens (primary N) is 1. The van der Waals surface area contributed by atoms with Crippen LogP contribution in [0.1, 0.15) is 32.1 Å². The molecular formula is C11H15ClF3NOS. The van der Waals surface area contributed by atoms with Crippen molar-refractivity contribution in [1.82, 2.24) is 0 Å². The van der Waals surface area contributed by atoms with Crippen LogP contribution in [0.15, 0.2) is 0 Å². The van der Waals surface area contributed by atoms with E-state index in [-0.39, 0.29) is 12.2 Å². The van der Waals surface area contributed by atoms with Crippen molar-refractivity contribution < 1.29 is 18.0 Å². The maximum atomic E-state index is 12.0. The average Bonchev–Trinajstić information content (AvgIpc) is 2.22. The summed E-state index contributed by atoms with van der Waals surface area (Å²) in [5, 5.41) is 0. The zero-order chi connectivity index (χ0) is 14.2. The maximum Gasteiger partial charge on any atom is 0.389 e. The Morgan fingerprint density at radius 2 is 1.94 bits per heavy atom. The number of alkyl halides is 4. The lowest BCUT2D eigenvalue weighted by molar-refractivity contribution is -0.129. The Balaban J connectivity index is 4.19. The van der Waals surface area contributed by atoms with Crippen molar-refractivity contribution in [3.63, 3.8) is 0 Å². The summed E-state index contributed by atoms with van der Waals surface area (Å²) in [7, 11) is 0. The van der Waals surface area contributed by atoms with Crippen LogP contribution in [0.3, 0.4) is 0 Å². The van der Waals surface area contributed by atoms with Gasteiger partial charge in [0.2, 0.25) is 5.91 Å². The van der Waals surface area contributed by atoms with E-state index in [1.54, 1.807) is 0 Å². The Bertz CT molecular complexity index is 316. The van der Waals surface area contributed by atoms with Crippen molar-refractivity contribution in [1.29, 1.82) is 0 Å². The minimum absolute atomic E-state index is 0.216. The predicted molar refractivity (Wildman–Crippen MR) is 68.2 cm³/mol. The third kappa shape index (κ3) is 7.72. The monoisotopic (exact) mass is 301 g/mol. The van der Waals surface area contributed by atoms with Crippen LogP contribution in [0.5, 0.6) is 0 Å². The van der Waals surface area contributed by atoms with Crippen molar-refractivity contribution in [2.24, 2.45) is 5.73 Å². The standard InChI is InChI=1S/C11H15ClF3NOS/c1-2-3-4-5-6-10(12,9(16)17)18-8-7-11(13,14)15/h1H,3-8H2,(H2,16,17). The van der Waals surface area contributed by atoms with Crippen LogP contribution < -0.4 is 5.73 Å². The first-order valence-electron chi connectivity index (χ1n) is 5.34. The van der Waals surface area contributed by atoms with E-state index >= 15 is 0 Å². The highest BCUT2D eigenvalue weighted by molar-refractivity contribution is 8.02. The molecule has 0 rings (SSSR count). The molecule has 0 heterocycles. The van der Waals surface area contributed by atoms with Crippen LogP contribution in [0, 0.1) is 12.3 Å². The lowest BCUT2D eigenvalue weighted by atomic mass is 10.1. The van der Waals surface area contributed by atoms with Crippen LogP contribution in [-0.2, 0) is 4.79 Å². The second-order valence-corrected chi connectivity index (χ2v) is 5.98. The lowest BCUT2D eigenvalue weighted by Gasteiger charge is -2.23. The van der Waals surface area contributed by atoms with Crippen molar-refractivity contribution in [3.05, 3.63) is 0 Å². The minimum atomic E-state index is -4.26. The summed E-state index contributed by atoms with van der Waals surface area (Å²) >= 11 is 6.69. The van der Waals surface area contributed by atoms with E-state index in [1.165, 1.54) is 0 Å². The van der Waals surface area contributed by atoms with E-state index < -0.39 is 22.7 Å². The number of thioether (sulfide) groups is 1. The number of rotatable bonds is 8. The number of carbonyl (C=O) groups excluding carboxylic acids is 1. The van der Waals surface area contributed by atoms with Crippen LogP contribution in [0.2, 0.25) is 0 Å². The van der Waals surface area contributed by atoms with Crippen molar-refractivity contribution in [2.75, 3.05) is 5.75 Å². The van der Waals surface area contributed by atoms with Crippen LogP contribution >= 0.6 is 23.4 Å². The topological polar surface area (TPSA) is 43.1 Å². The molecule has 1 unspecified atom stereocenters. The molecule has 0 saturated carbocycles. The summed E-state index contributed by atoms with van der Waals surface area (Å²) in [5.41, 5.74) is 5.12. The first kappa shape index (κ1) is 17.5. The number of hydrogen-bond acceptors (Lipinski definition) is 2. The third-order valence-corrected chi connectivity index (χ3v) is 4.13. The van der Waals surface area contributed by atoms with Crippen molar-refractivity contribution in [2.45, 2.75) is 42.5 Å². The Morgan fingerprint density at radius 1 is 1.33 bits per heavy atom. The Kier molecular flexibility index (Phi) is 7.56. The summed E-state index contributed by atoms with van der Waals surface area (Å²) in [5.74, 6) is 1.34. The Hall–Kier alpha value is -0.540. The first-order valence-corrected chi connectivity index (χ1v) is 6.70. The molecule has 0 aliphatic carbocycles. The van der Waals surface area contributed by atoms with Gasteiger partial charge in [-0.1, -0.05) is 11.6 Å². The number of primary amides is 1. The summed E-state index contributed by atoms with van der Waals surface area (Å²) in [4.78, 5) is 11.2. The van der Waals surface area contributed by atoms with Gasteiger partial charge >= 0.3 is 6.18 Å². The number of carbonyl (C=O) groups is 1. The van der Waals surface area contributed by atoms with Gasteiger partial charge in [-0.15, -0.1) is 24.1 Å². The number of hydrogen-bond donors (Lipinski definition) is 1. The van der Waals surface area contributed by atoms with E-state index in [2.05, 4.69) is 5.92 Å². The van der Waals surface area contributed by atoms with Gasteiger partial charge in [0.1, 0.15) is 0 Å². The molecule has 0 aliphatic rings. The fourth-order valence-electron chi connectivity index (χ4n) is 1.17. The molecular weight excluding hydrogens is 287 g/mol. The molecule has 0 fully saturated rings. The number of unbranched alkanes of at least 4 members (excludes halogenated alkanes) is 2. The normalized spacial score (nSPS) is 14.8. The highest BCUT2D eigenvalue weighted by atomic mass is 35.5. The fourth-order valence-corrected chi connectivity index (χ4v) is 2.63. The summed E-state index contributed by atoms with van der Waals surface area (Å²) in [6.45, 7) is 0. The largest absolute Gasteiger partial charge is 0.389 e. The van der Waals surface area contributed by atoms with Gasteiger partial charge in [0.15, 0.2) is 4.21 Å². The smallest absolute Gasteiger partial charge is 0.367 e. The average molecular weight is 302 g/mol. The molecule has 0 aliphatic heterocycles. The number of amides is 1. The molecule has 0 aromatic rings. The van der Waals surface area contributed by atoms with E-state index in [1.807, 2.05) is 0 Å². The fraction of sp³-hybridized carbons (Fsp3) is 0.727. The second kappa shape index (κ2) is 7.80. The molecule has 0 radical (unpaired) electrons. The highest BCUT2D eigenvalue weighted by Crippen LogP contribution is 2.37. The van der Waals surface area contributed by atoms with Crippen molar-refractivity contribution in [3.8, 4) is 12.3 Å². The van der Waals surface area contributed by atoms with E-state index in [9.17, 15) is 18.0 Å². The SMILES string of the molecule is C#CCCCCC(Cl)(SCCC(F)(F)F)C(N)=O. The van der Waals surface area contributed by atoms with E-state index in [0.717, 1.165) is 11.8 Å². The highest BCUT2D eigenvalue weighted by Gasteiger charge is 2.36. The van der Waals surface area contributed by atoms with Gasteiger partial charge in [0.05, 0.1) is 6.42 Å². The molecule has 18 heavy (non-hydrogen) atoms. The van der Waals surface area contributed by atoms with E-state index in [4.69, 9.17) is 23.8 Å². The minimum Gasteiger partial charge on any atom is -0.367 e. The van der Waals surface area contributed by atoms with E-state index in [0.29, 0.717) is 19.3 Å². The van der Waals surface area contributed by atoms with Gasteiger partial charge < -0.3 is 5.73 Å². The molecule has 0 aromatic heterocycles. The molecule has 7 heteroatoms. The van der Waals surface area contributed by atoms with Gasteiger partial charge in [0, 0.05) is 12.2 Å². The maximum absolute atomic E-state index is 12.0. The van der Waals surface area contributed by atoms with Gasteiger partial charge in [-0.25, -0.2) is 0 Å². The molecule has 1 atom stereocenters. The quantitative estimate of drug-likeness (QED) is 0.425. The van der Waals surface area contributed by atoms with Crippen LogP contribution in [0.4, 0.5) is 13.2 Å². The zero-order valence-electron chi connectivity index (χ0n) is 9.73. The molecule has 0 aromatic carbocycles. The molecule has 104 valence electrons. The third-order valence-electron chi connectivity index (χ3n) is 2.15. The van der Waals surface area contributed by atoms with Gasteiger partial charge in [0.25, 0.3) is 0 Å². The molecule has 2 N–H and O–H groups in total.